The third-order valence-corrected chi connectivity index (χ3v) is 5.48. The predicted octanol–water partition coefficient (Wildman–Crippen LogP) is 5.51. The van der Waals surface area contributed by atoms with E-state index in [1.807, 2.05) is 18.3 Å². The quantitative estimate of drug-likeness (QED) is 0.442. The molecule has 5 nitrogen and oxygen atoms in total. The Bertz CT molecular complexity index is 1270. The minimum Gasteiger partial charge on any atom is -0.464 e. The molecule has 3 aromatic heterocycles. The molecule has 0 unspecified atom stereocenters. The first-order valence-corrected chi connectivity index (χ1v) is 9.44. The zero-order valence-electron chi connectivity index (χ0n) is 15.1. The van der Waals surface area contributed by atoms with Crippen molar-refractivity contribution in [2.45, 2.75) is 6.42 Å². The van der Waals surface area contributed by atoms with Crippen LogP contribution in [0.3, 0.4) is 0 Å². The molecule has 0 spiro atoms. The molecule has 0 atom stereocenters. The number of H-pyrrole nitrogens is 2. The van der Waals surface area contributed by atoms with Crippen molar-refractivity contribution in [3.8, 4) is 22.7 Å². The van der Waals surface area contributed by atoms with E-state index in [1.165, 1.54) is 11.3 Å². The highest BCUT2D eigenvalue weighted by Crippen LogP contribution is 2.45. The Morgan fingerprint density at radius 3 is 2.82 bits per heavy atom. The van der Waals surface area contributed by atoms with Crippen LogP contribution in [0.1, 0.15) is 5.56 Å². The number of imidazole rings is 1. The molecule has 0 saturated heterocycles. The van der Waals surface area contributed by atoms with Crippen molar-refractivity contribution in [2.24, 2.45) is 0 Å². The van der Waals surface area contributed by atoms with Crippen LogP contribution in [0.15, 0.2) is 77.7 Å². The lowest BCUT2D eigenvalue weighted by molar-refractivity contribution is 0.583. The summed E-state index contributed by atoms with van der Waals surface area (Å²) in [7, 11) is 0. The van der Waals surface area contributed by atoms with Gasteiger partial charge < -0.3 is 19.3 Å². The molecule has 0 aliphatic carbocycles. The molecule has 5 aromatic rings. The fourth-order valence-corrected chi connectivity index (χ4v) is 4.28. The van der Waals surface area contributed by atoms with Gasteiger partial charge >= 0.3 is 0 Å². The summed E-state index contributed by atoms with van der Waals surface area (Å²) < 4.78 is 5.73. The Morgan fingerprint density at radius 1 is 1.00 bits per heavy atom. The van der Waals surface area contributed by atoms with Gasteiger partial charge in [-0.25, -0.2) is 4.98 Å². The Morgan fingerprint density at radius 2 is 1.96 bits per heavy atom. The molecule has 0 radical (unpaired) electrons. The van der Waals surface area contributed by atoms with Crippen LogP contribution in [0, 0.1) is 0 Å². The highest BCUT2D eigenvalue weighted by Gasteiger charge is 2.27. The lowest BCUT2D eigenvalue weighted by Crippen LogP contribution is -2.14. The van der Waals surface area contributed by atoms with Gasteiger partial charge in [0.1, 0.15) is 17.4 Å². The molecule has 2 N–H and O–H groups in total. The Labute approximate surface area is 161 Å². The highest BCUT2D eigenvalue weighted by molar-refractivity contribution is 6.09. The number of furan rings is 1. The van der Waals surface area contributed by atoms with Crippen LogP contribution in [0.5, 0.6) is 0 Å². The van der Waals surface area contributed by atoms with Crippen LogP contribution in [-0.2, 0) is 6.42 Å². The van der Waals surface area contributed by atoms with E-state index < -0.39 is 0 Å². The summed E-state index contributed by atoms with van der Waals surface area (Å²) >= 11 is 0. The number of nitrogens with one attached hydrogen (secondary N) is 2. The molecule has 4 heterocycles. The van der Waals surface area contributed by atoms with E-state index in [-0.39, 0.29) is 0 Å². The maximum absolute atomic E-state index is 5.73. The normalized spacial score (nSPS) is 13.4. The van der Waals surface area contributed by atoms with Crippen LogP contribution in [0.4, 0.5) is 11.5 Å². The van der Waals surface area contributed by atoms with Crippen molar-refractivity contribution in [1.82, 2.24) is 15.0 Å². The van der Waals surface area contributed by atoms with Gasteiger partial charge in [0, 0.05) is 41.1 Å². The summed E-state index contributed by atoms with van der Waals surface area (Å²) in [5.74, 6) is 2.77. The van der Waals surface area contributed by atoms with Gasteiger partial charge in [0.25, 0.3) is 0 Å². The van der Waals surface area contributed by atoms with Crippen LogP contribution < -0.4 is 4.90 Å². The van der Waals surface area contributed by atoms with Crippen molar-refractivity contribution in [3.05, 3.63) is 78.8 Å². The van der Waals surface area contributed by atoms with E-state index in [0.29, 0.717) is 0 Å². The lowest BCUT2D eigenvalue weighted by Gasteiger charge is -2.19. The number of aromatic nitrogens is 3. The van der Waals surface area contributed by atoms with E-state index in [9.17, 15) is 0 Å². The molecule has 0 saturated carbocycles. The molecule has 2 aromatic carbocycles. The minimum absolute atomic E-state index is 0.852. The predicted molar refractivity (Wildman–Crippen MR) is 111 cm³/mol. The molecule has 5 heteroatoms. The second-order valence-corrected chi connectivity index (χ2v) is 7.02. The number of benzene rings is 2. The van der Waals surface area contributed by atoms with Gasteiger partial charge in [-0.1, -0.05) is 30.3 Å². The van der Waals surface area contributed by atoms with Gasteiger partial charge in [0.05, 0.1) is 11.8 Å². The first-order chi connectivity index (χ1) is 13.9. The summed E-state index contributed by atoms with van der Waals surface area (Å²) in [5, 5.41) is 1.12. The number of anilines is 2. The molecule has 136 valence electrons. The van der Waals surface area contributed by atoms with Crippen molar-refractivity contribution >= 4 is 22.4 Å². The molecule has 28 heavy (non-hydrogen) atoms. The average Bonchev–Trinajstić information content (AvgIpc) is 3.53. The van der Waals surface area contributed by atoms with E-state index in [0.717, 1.165) is 52.4 Å². The molecule has 1 aliphatic rings. The van der Waals surface area contributed by atoms with Crippen molar-refractivity contribution in [3.63, 3.8) is 0 Å². The highest BCUT2D eigenvalue weighted by atomic mass is 16.3. The number of aromatic amines is 2. The Balaban J connectivity index is 1.67. The summed E-state index contributed by atoms with van der Waals surface area (Å²) in [4.78, 5) is 13.9. The number of hydrogen-bond acceptors (Lipinski definition) is 3. The topological polar surface area (TPSA) is 60.9 Å². The van der Waals surface area contributed by atoms with E-state index in [1.54, 1.807) is 12.5 Å². The number of rotatable bonds is 3. The van der Waals surface area contributed by atoms with Gasteiger partial charge in [0.2, 0.25) is 0 Å². The first kappa shape index (κ1) is 15.3. The van der Waals surface area contributed by atoms with Gasteiger partial charge in [0.15, 0.2) is 0 Å². The molecule has 0 amide bonds. The summed E-state index contributed by atoms with van der Waals surface area (Å²) in [6.07, 6.45) is 6.41. The summed E-state index contributed by atoms with van der Waals surface area (Å²) in [6.45, 7) is 0.940. The van der Waals surface area contributed by atoms with Crippen LogP contribution in [-0.4, -0.2) is 21.5 Å². The maximum Gasteiger partial charge on any atom is 0.141 e. The van der Waals surface area contributed by atoms with Crippen LogP contribution >= 0.6 is 0 Å². The van der Waals surface area contributed by atoms with E-state index >= 15 is 0 Å². The van der Waals surface area contributed by atoms with Gasteiger partial charge in [-0.05, 0) is 36.2 Å². The minimum atomic E-state index is 0.852. The summed E-state index contributed by atoms with van der Waals surface area (Å²) in [6, 6.07) is 18.8. The molecule has 6 rings (SSSR count). The maximum atomic E-state index is 5.73. The number of nitrogens with zero attached hydrogens (tertiary/aromatic N) is 2. The third kappa shape index (κ3) is 2.16. The van der Waals surface area contributed by atoms with Crippen molar-refractivity contribution in [1.29, 1.82) is 0 Å². The SMILES string of the molecule is c1coc(-c2cccc3[nH]c(N4CCc5ccccc54)c(-c4ncc[nH]4)c23)c1. The fourth-order valence-electron chi connectivity index (χ4n) is 4.28. The van der Waals surface area contributed by atoms with Crippen LogP contribution in [0.25, 0.3) is 33.6 Å². The summed E-state index contributed by atoms with van der Waals surface area (Å²) in [5.41, 5.74) is 5.83. The largest absolute Gasteiger partial charge is 0.464 e. The zero-order chi connectivity index (χ0) is 18.5. The van der Waals surface area contributed by atoms with Gasteiger partial charge in [-0.2, -0.15) is 0 Å². The second-order valence-electron chi connectivity index (χ2n) is 7.02. The fraction of sp³-hybridized carbons (Fsp3) is 0.0870. The Hall–Kier alpha value is -3.73. The number of hydrogen-bond donors (Lipinski definition) is 2. The molecular formula is C23H18N4O. The van der Waals surface area contributed by atoms with Gasteiger partial charge in [-0.3, -0.25) is 0 Å². The van der Waals surface area contributed by atoms with E-state index in [2.05, 4.69) is 62.3 Å². The third-order valence-electron chi connectivity index (χ3n) is 5.48. The second kappa shape index (κ2) is 5.89. The molecule has 0 fully saturated rings. The lowest BCUT2D eigenvalue weighted by atomic mass is 10.0. The van der Waals surface area contributed by atoms with E-state index in [4.69, 9.17) is 4.42 Å². The molecular weight excluding hydrogens is 348 g/mol. The Kier molecular flexibility index (Phi) is 3.23. The molecule has 0 bridgehead atoms. The smallest absolute Gasteiger partial charge is 0.141 e. The monoisotopic (exact) mass is 366 g/mol. The zero-order valence-corrected chi connectivity index (χ0v) is 15.1. The first-order valence-electron chi connectivity index (χ1n) is 9.44. The number of fused-ring (bicyclic) bond motifs is 2. The van der Waals surface area contributed by atoms with Crippen LogP contribution in [0.2, 0.25) is 0 Å². The molecule has 1 aliphatic heterocycles. The average molecular weight is 366 g/mol. The van der Waals surface area contributed by atoms with Crippen molar-refractivity contribution in [2.75, 3.05) is 11.4 Å². The standard InChI is InChI=1S/C23H18N4O/c1-2-8-18-15(5-1)10-13-27(18)23-21(22-24-11-12-25-22)20-16(19-9-4-14-28-19)6-3-7-17(20)26-23/h1-9,11-12,14,26H,10,13H2,(H,24,25). The van der Waals surface area contributed by atoms with Gasteiger partial charge in [-0.15, -0.1) is 0 Å². The number of para-hydroxylation sites is 1. The van der Waals surface area contributed by atoms with Crippen molar-refractivity contribution < 1.29 is 4.42 Å².